The number of piperidine rings is 1. The number of halogens is 1. The summed E-state index contributed by atoms with van der Waals surface area (Å²) in [4.78, 5) is 13.8. The van der Waals surface area contributed by atoms with Crippen molar-refractivity contribution >= 4 is 5.78 Å². The standard InChI is InChI=1S/C12H18FNO/c1-10(13)4-3-5-12(15)11-6-8-14(2)9-7-11/h3,5,11H,1,4,6-9H2,2H3. The van der Waals surface area contributed by atoms with Crippen LogP contribution in [0.2, 0.25) is 0 Å². The Hall–Kier alpha value is -0.960. The number of ketones is 1. The number of carbonyl (C=O) groups excluding carboxylic acids is 1. The Labute approximate surface area is 90.5 Å². The van der Waals surface area contributed by atoms with Gasteiger partial charge >= 0.3 is 0 Å². The molecule has 0 atom stereocenters. The van der Waals surface area contributed by atoms with Gasteiger partial charge in [0.05, 0.1) is 5.83 Å². The third-order valence-corrected chi connectivity index (χ3v) is 2.74. The van der Waals surface area contributed by atoms with Crippen LogP contribution in [0, 0.1) is 5.92 Å². The maximum atomic E-state index is 12.3. The van der Waals surface area contributed by atoms with Crippen molar-refractivity contribution in [2.24, 2.45) is 5.92 Å². The van der Waals surface area contributed by atoms with Crippen molar-refractivity contribution < 1.29 is 9.18 Å². The van der Waals surface area contributed by atoms with Gasteiger partial charge in [0.2, 0.25) is 0 Å². The molecule has 1 fully saturated rings. The molecule has 2 nitrogen and oxygen atoms in total. The van der Waals surface area contributed by atoms with Gasteiger partial charge in [-0.25, -0.2) is 4.39 Å². The first-order chi connectivity index (χ1) is 7.09. The van der Waals surface area contributed by atoms with Gasteiger partial charge in [0.1, 0.15) is 0 Å². The zero-order valence-electron chi connectivity index (χ0n) is 9.21. The van der Waals surface area contributed by atoms with E-state index in [0.717, 1.165) is 25.9 Å². The minimum Gasteiger partial charge on any atom is -0.306 e. The predicted molar refractivity (Wildman–Crippen MR) is 59.2 cm³/mol. The highest BCUT2D eigenvalue weighted by Gasteiger charge is 2.21. The van der Waals surface area contributed by atoms with Gasteiger partial charge in [-0.05, 0) is 39.1 Å². The molecule has 0 saturated carbocycles. The molecule has 0 aromatic heterocycles. The van der Waals surface area contributed by atoms with Gasteiger partial charge in [0.25, 0.3) is 0 Å². The summed E-state index contributed by atoms with van der Waals surface area (Å²) < 4.78 is 12.3. The fourth-order valence-corrected chi connectivity index (χ4v) is 1.73. The molecule has 1 aliphatic heterocycles. The number of nitrogens with zero attached hydrogens (tertiary/aromatic N) is 1. The van der Waals surface area contributed by atoms with Gasteiger partial charge in [-0.1, -0.05) is 12.7 Å². The Balaban J connectivity index is 2.34. The van der Waals surface area contributed by atoms with E-state index < -0.39 is 5.83 Å². The van der Waals surface area contributed by atoms with E-state index in [1.54, 1.807) is 6.08 Å². The second-order valence-corrected chi connectivity index (χ2v) is 4.10. The molecule has 0 aromatic carbocycles. The van der Waals surface area contributed by atoms with E-state index in [-0.39, 0.29) is 18.1 Å². The lowest BCUT2D eigenvalue weighted by Gasteiger charge is -2.27. The molecule has 0 aromatic rings. The summed E-state index contributed by atoms with van der Waals surface area (Å²) in [6.07, 6.45) is 5.04. The van der Waals surface area contributed by atoms with Crippen LogP contribution >= 0.6 is 0 Å². The second kappa shape index (κ2) is 5.81. The minimum atomic E-state index is -0.401. The third-order valence-electron chi connectivity index (χ3n) is 2.74. The van der Waals surface area contributed by atoms with E-state index in [1.807, 2.05) is 0 Å². The topological polar surface area (TPSA) is 20.3 Å². The number of allylic oxidation sites excluding steroid dienone is 3. The molecular weight excluding hydrogens is 193 g/mol. The van der Waals surface area contributed by atoms with Crippen LogP contribution in [0.5, 0.6) is 0 Å². The quantitative estimate of drug-likeness (QED) is 0.665. The van der Waals surface area contributed by atoms with Crippen LogP contribution in [0.1, 0.15) is 19.3 Å². The van der Waals surface area contributed by atoms with Crippen LogP contribution < -0.4 is 0 Å². The number of hydrogen-bond donors (Lipinski definition) is 0. The van der Waals surface area contributed by atoms with Gasteiger partial charge in [-0.15, -0.1) is 0 Å². The maximum absolute atomic E-state index is 12.3. The molecule has 0 radical (unpaired) electrons. The number of carbonyl (C=O) groups is 1. The smallest absolute Gasteiger partial charge is 0.158 e. The number of likely N-dealkylation sites (tertiary alicyclic amines) is 1. The number of rotatable bonds is 4. The number of hydrogen-bond acceptors (Lipinski definition) is 2. The average molecular weight is 211 g/mol. The molecule has 0 spiro atoms. The minimum absolute atomic E-state index is 0.129. The molecule has 15 heavy (non-hydrogen) atoms. The monoisotopic (exact) mass is 211 g/mol. The highest BCUT2D eigenvalue weighted by Crippen LogP contribution is 2.17. The summed E-state index contributed by atoms with van der Waals surface area (Å²) in [7, 11) is 2.06. The van der Waals surface area contributed by atoms with Crippen molar-refractivity contribution in [2.75, 3.05) is 20.1 Å². The van der Waals surface area contributed by atoms with Gasteiger partial charge in [-0.3, -0.25) is 4.79 Å². The Morgan fingerprint density at radius 1 is 1.53 bits per heavy atom. The van der Waals surface area contributed by atoms with E-state index in [0.29, 0.717) is 0 Å². The molecule has 1 saturated heterocycles. The first kappa shape index (κ1) is 12.1. The van der Waals surface area contributed by atoms with Crippen molar-refractivity contribution in [1.82, 2.24) is 4.90 Å². The molecule has 1 heterocycles. The molecular formula is C12H18FNO. The predicted octanol–water partition coefficient (Wildman–Crippen LogP) is 2.33. The molecule has 0 amide bonds. The fourth-order valence-electron chi connectivity index (χ4n) is 1.73. The lowest BCUT2D eigenvalue weighted by Crippen LogP contribution is -2.33. The average Bonchev–Trinajstić information content (AvgIpc) is 2.18. The Kier molecular flexibility index (Phi) is 4.69. The first-order valence-corrected chi connectivity index (χ1v) is 5.32. The maximum Gasteiger partial charge on any atom is 0.158 e. The highest BCUT2D eigenvalue weighted by molar-refractivity contribution is 5.91. The molecule has 3 heteroatoms. The molecule has 84 valence electrons. The van der Waals surface area contributed by atoms with Crippen LogP contribution in [-0.2, 0) is 4.79 Å². The van der Waals surface area contributed by atoms with Crippen molar-refractivity contribution in [1.29, 1.82) is 0 Å². The zero-order chi connectivity index (χ0) is 11.3. The van der Waals surface area contributed by atoms with Crippen molar-refractivity contribution in [3.63, 3.8) is 0 Å². The Morgan fingerprint density at radius 2 is 2.13 bits per heavy atom. The summed E-state index contributed by atoms with van der Waals surface area (Å²) in [5.74, 6) is -0.142. The van der Waals surface area contributed by atoms with Crippen LogP contribution in [0.3, 0.4) is 0 Å². The molecule has 0 unspecified atom stereocenters. The van der Waals surface area contributed by atoms with Crippen LogP contribution in [0.25, 0.3) is 0 Å². The zero-order valence-corrected chi connectivity index (χ0v) is 9.21. The summed E-state index contributed by atoms with van der Waals surface area (Å²) >= 11 is 0. The van der Waals surface area contributed by atoms with E-state index in [4.69, 9.17) is 0 Å². The SMILES string of the molecule is C=C(F)CC=CC(=O)C1CCN(C)CC1. The largest absolute Gasteiger partial charge is 0.306 e. The molecule has 0 N–H and O–H groups in total. The molecule has 0 bridgehead atoms. The first-order valence-electron chi connectivity index (χ1n) is 5.32. The summed E-state index contributed by atoms with van der Waals surface area (Å²) in [5, 5.41) is 0. The fraction of sp³-hybridized carbons (Fsp3) is 0.583. The van der Waals surface area contributed by atoms with Gasteiger partial charge in [-0.2, -0.15) is 0 Å². The lowest BCUT2D eigenvalue weighted by molar-refractivity contribution is -0.119. The summed E-state index contributed by atoms with van der Waals surface area (Å²) in [5.41, 5.74) is 0. The van der Waals surface area contributed by atoms with Gasteiger partial charge in [0, 0.05) is 12.3 Å². The van der Waals surface area contributed by atoms with E-state index in [9.17, 15) is 9.18 Å². The van der Waals surface area contributed by atoms with Crippen molar-refractivity contribution in [3.05, 3.63) is 24.6 Å². The van der Waals surface area contributed by atoms with E-state index in [1.165, 1.54) is 6.08 Å². The molecule has 0 aliphatic carbocycles. The molecule has 1 rings (SSSR count). The van der Waals surface area contributed by atoms with E-state index >= 15 is 0 Å². The second-order valence-electron chi connectivity index (χ2n) is 4.10. The van der Waals surface area contributed by atoms with Crippen molar-refractivity contribution in [2.45, 2.75) is 19.3 Å². The van der Waals surface area contributed by atoms with Gasteiger partial charge in [0.15, 0.2) is 5.78 Å². The third kappa shape index (κ3) is 4.38. The van der Waals surface area contributed by atoms with Crippen LogP contribution in [0.15, 0.2) is 24.6 Å². The normalized spacial score (nSPS) is 19.6. The highest BCUT2D eigenvalue weighted by atomic mass is 19.1. The van der Waals surface area contributed by atoms with Crippen LogP contribution in [0.4, 0.5) is 4.39 Å². The molecule has 1 aliphatic rings. The van der Waals surface area contributed by atoms with Gasteiger partial charge < -0.3 is 4.90 Å². The summed E-state index contributed by atoms with van der Waals surface area (Å²) in [6, 6.07) is 0. The van der Waals surface area contributed by atoms with Crippen LogP contribution in [-0.4, -0.2) is 30.8 Å². The van der Waals surface area contributed by atoms with Crippen molar-refractivity contribution in [3.8, 4) is 0 Å². The lowest BCUT2D eigenvalue weighted by atomic mass is 9.92. The Bertz CT molecular complexity index is 265. The summed E-state index contributed by atoms with van der Waals surface area (Å²) in [6.45, 7) is 5.08. The van der Waals surface area contributed by atoms with E-state index in [2.05, 4.69) is 18.5 Å². The Morgan fingerprint density at radius 3 is 2.67 bits per heavy atom.